The van der Waals surface area contributed by atoms with E-state index in [9.17, 15) is 27.9 Å². The fourth-order valence-electron chi connectivity index (χ4n) is 5.50. The van der Waals surface area contributed by atoms with Crippen LogP contribution in [0.4, 0.5) is 23.2 Å². The van der Waals surface area contributed by atoms with Crippen molar-refractivity contribution in [3.8, 4) is 11.4 Å². The molecule has 2 aromatic carbocycles. The molecule has 1 aliphatic heterocycles. The number of alkyl halides is 3. The van der Waals surface area contributed by atoms with Crippen molar-refractivity contribution in [3.05, 3.63) is 82.1 Å². The number of anilines is 1. The highest BCUT2D eigenvalue weighted by Crippen LogP contribution is 2.33. The average Bonchev–Trinajstić information content (AvgIpc) is 2.98. The van der Waals surface area contributed by atoms with Crippen molar-refractivity contribution in [2.75, 3.05) is 24.7 Å². The smallest absolute Gasteiger partial charge is 0.411 e. The van der Waals surface area contributed by atoms with Crippen LogP contribution in [0.1, 0.15) is 38.4 Å². The molecule has 0 bridgehead atoms. The highest BCUT2D eigenvalue weighted by molar-refractivity contribution is 5.99. The number of aliphatic carboxylic acids is 1. The summed E-state index contributed by atoms with van der Waals surface area (Å²) in [4.78, 5) is 40.3. The second-order valence-electron chi connectivity index (χ2n) is 11.0. The van der Waals surface area contributed by atoms with Gasteiger partial charge in [0.25, 0.3) is 5.91 Å². The molecule has 0 unspecified atom stereocenters. The first-order valence-corrected chi connectivity index (χ1v) is 14.2. The topological polar surface area (TPSA) is 118 Å². The lowest BCUT2D eigenvalue weighted by Gasteiger charge is -2.38. The Morgan fingerprint density at radius 1 is 1.11 bits per heavy atom. The van der Waals surface area contributed by atoms with Gasteiger partial charge in [0, 0.05) is 47.2 Å². The minimum atomic E-state index is -4.61. The Morgan fingerprint density at radius 2 is 1.82 bits per heavy atom. The van der Waals surface area contributed by atoms with Crippen molar-refractivity contribution in [1.82, 2.24) is 20.3 Å². The zero-order valence-corrected chi connectivity index (χ0v) is 25.0. The van der Waals surface area contributed by atoms with Gasteiger partial charge in [-0.2, -0.15) is 13.2 Å². The van der Waals surface area contributed by atoms with E-state index in [0.717, 1.165) is 27.9 Å². The summed E-state index contributed by atoms with van der Waals surface area (Å²) in [5.41, 5.74) is 3.93. The van der Waals surface area contributed by atoms with Crippen LogP contribution in [0, 0.1) is 33.5 Å². The van der Waals surface area contributed by atoms with Gasteiger partial charge in [0.15, 0.2) is 5.82 Å². The summed E-state index contributed by atoms with van der Waals surface area (Å²) in [6, 6.07) is 5.66. The van der Waals surface area contributed by atoms with Crippen LogP contribution in [-0.4, -0.2) is 70.0 Å². The number of carboxylic acid groups (broad SMARTS) is 1. The fourth-order valence-corrected chi connectivity index (χ4v) is 5.50. The van der Waals surface area contributed by atoms with Gasteiger partial charge < -0.3 is 20.1 Å². The molecule has 0 spiro atoms. The van der Waals surface area contributed by atoms with Gasteiger partial charge in [0.2, 0.25) is 0 Å². The Bertz CT molecular complexity index is 1750. The molecule has 0 saturated carbocycles. The number of morpholine rings is 1. The van der Waals surface area contributed by atoms with E-state index in [0.29, 0.717) is 27.9 Å². The maximum Gasteiger partial charge on any atom is 0.411 e. The molecule has 0 aliphatic carbocycles. The number of rotatable bonds is 7. The standard InChI is InChI=1S/C32H31F4N5O4/c1-16-12-21(41-10-11-45-15-26(41)32(34,35)36)14-24(33)27(16)30(42)40-25(31(43)44)13-20-7-8-23(28-22(20)6-5-9-37-28)29-38-18(3)17(2)19(4)39-29/h5-9,12,14,25-26H,10-11,13,15H2,1-4H3,(H,40,42)(H,43,44)/t25-,26+/m0/s1. The summed E-state index contributed by atoms with van der Waals surface area (Å²) in [7, 11) is 0. The molecule has 4 aromatic rings. The number of hydrogen-bond acceptors (Lipinski definition) is 7. The van der Waals surface area contributed by atoms with Gasteiger partial charge in [-0.25, -0.2) is 19.2 Å². The quantitative estimate of drug-likeness (QED) is 0.267. The zero-order chi connectivity index (χ0) is 32.6. The van der Waals surface area contributed by atoms with Crippen molar-refractivity contribution in [2.24, 2.45) is 0 Å². The van der Waals surface area contributed by atoms with Crippen LogP contribution >= 0.6 is 0 Å². The number of hydrogen-bond donors (Lipinski definition) is 2. The van der Waals surface area contributed by atoms with Crippen LogP contribution in [0.2, 0.25) is 0 Å². The molecule has 2 atom stereocenters. The van der Waals surface area contributed by atoms with Crippen molar-refractivity contribution >= 4 is 28.5 Å². The summed E-state index contributed by atoms with van der Waals surface area (Å²) in [6.45, 7) is 6.40. The molecule has 9 nitrogen and oxygen atoms in total. The molecule has 2 aromatic heterocycles. The zero-order valence-electron chi connectivity index (χ0n) is 25.0. The number of aromatic nitrogens is 3. The molecule has 1 saturated heterocycles. The monoisotopic (exact) mass is 625 g/mol. The number of fused-ring (bicyclic) bond motifs is 1. The van der Waals surface area contributed by atoms with Crippen LogP contribution in [0.3, 0.4) is 0 Å². The van der Waals surface area contributed by atoms with Crippen molar-refractivity contribution in [1.29, 1.82) is 0 Å². The number of carboxylic acids is 1. The van der Waals surface area contributed by atoms with Crippen LogP contribution < -0.4 is 10.2 Å². The molecule has 0 radical (unpaired) electrons. The number of nitrogens with zero attached hydrogens (tertiary/aromatic N) is 4. The predicted octanol–water partition coefficient (Wildman–Crippen LogP) is 5.26. The number of ether oxygens (including phenoxy) is 1. The van der Waals surface area contributed by atoms with Crippen molar-refractivity contribution < 1.29 is 37.0 Å². The summed E-state index contributed by atoms with van der Waals surface area (Å²) in [5, 5.41) is 13.0. The summed E-state index contributed by atoms with van der Waals surface area (Å²) < 4.78 is 61.1. The number of carbonyl (C=O) groups is 2. The SMILES string of the molecule is Cc1cc(N2CCOC[C@@H]2C(F)(F)F)cc(F)c1C(=O)N[C@@H](Cc1ccc(-c2nc(C)c(C)c(C)n2)c2ncccc12)C(=O)O. The first kappa shape index (κ1) is 31.8. The second kappa shape index (κ2) is 12.4. The van der Waals surface area contributed by atoms with Gasteiger partial charge in [-0.05, 0) is 68.7 Å². The first-order valence-electron chi connectivity index (χ1n) is 14.2. The molecule has 1 amide bonds. The van der Waals surface area contributed by atoms with Crippen LogP contribution in [0.15, 0.2) is 42.6 Å². The van der Waals surface area contributed by atoms with Crippen molar-refractivity contribution in [3.63, 3.8) is 0 Å². The number of halogens is 4. The summed E-state index contributed by atoms with van der Waals surface area (Å²) in [5.74, 6) is -2.95. The molecule has 2 N–H and O–H groups in total. The number of nitrogens with one attached hydrogen (secondary N) is 1. The Labute approximate surface area is 256 Å². The Kier molecular flexibility index (Phi) is 8.74. The highest BCUT2D eigenvalue weighted by atomic mass is 19.4. The third kappa shape index (κ3) is 6.44. The molecule has 45 heavy (non-hydrogen) atoms. The molecule has 13 heteroatoms. The van der Waals surface area contributed by atoms with E-state index >= 15 is 4.39 Å². The summed E-state index contributed by atoms with van der Waals surface area (Å²) in [6.07, 6.45) is -3.17. The Hall–Kier alpha value is -4.65. The lowest BCUT2D eigenvalue weighted by atomic mass is 9.97. The first-order chi connectivity index (χ1) is 21.3. The Balaban J connectivity index is 1.43. The molecule has 1 fully saturated rings. The summed E-state index contributed by atoms with van der Waals surface area (Å²) >= 11 is 0. The van der Waals surface area contributed by atoms with E-state index in [2.05, 4.69) is 20.3 Å². The largest absolute Gasteiger partial charge is 0.480 e. The molecule has 1 aliphatic rings. The minimum absolute atomic E-state index is 0.0261. The number of aryl methyl sites for hydroxylation is 3. The van der Waals surface area contributed by atoms with Gasteiger partial charge in [0.05, 0.1) is 24.3 Å². The van der Waals surface area contributed by atoms with Crippen molar-refractivity contribution in [2.45, 2.75) is 52.4 Å². The van der Waals surface area contributed by atoms with Crippen LogP contribution in [0.5, 0.6) is 0 Å². The van der Waals surface area contributed by atoms with E-state index in [1.165, 1.54) is 13.0 Å². The van der Waals surface area contributed by atoms with E-state index < -0.39 is 48.1 Å². The lowest BCUT2D eigenvalue weighted by Crippen LogP contribution is -2.53. The van der Waals surface area contributed by atoms with Gasteiger partial charge in [-0.15, -0.1) is 0 Å². The molecule has 236 valence electrons. The average molecular weight is 626 g/mol. The number of benzene rings is 2. The van der Waals surface area contributed by atoms with Crippen LogP contribution in [0.25, 0.3) is 22.3 Å². The van der Waals surface area contributed by atoms with E-state index in [-0.39, 0.29) is 30.8 Å². The number of pyridine rings is 1. The van der Waals surface area contributed by atoms with E-state index in [4.69, 9.17) is 4.74 Å². The fraction of sp³-hybridized carbons (Fsp3) is 0.344. The van der Waals surface area contributed by atoms with Gasteiger partial charge in [-0.1, -0.05) is 12.1 Å². The number of amides is 1. The third-order valence-corrected chi connectivity index (χ3v) is 8.10. The maximum absolute atomic E-state index is 15.3. The van der Waals surface area contributed by atoms with Gasteiger partial charge in [-0.3, -0.25) is 9.78 Å². The van der Waals surface area contributed by atoms with E-state index in [1.807, 2.05) is 20.8 Å². The maximum atomic E-state index is 15.3. The van der Waals surface area contributed by atoms with Gasteiger partial charge >= 0.3 is 12.1 Å². The number of carbonyl (C=O) groups excluding carboxylic acids is 1. The molecule has 5 rings (SSSR count). The normalized spacial score (nSPS) is 16.1. The molecular weight excluding hydrogens is 594 g/mol. The Morgan fingerprint density at radius 3 is 2.47 bits per heavy atom. The predicted molar refractivity (Wildman–Crippen MR) is 159 cm³/mol. The molecule has 3 heterocycles. The third-order valence-electron chi connectivity index (χ3n) is 8.10. The highest BCUT2D eigenvalue weighted by Gasteiger charge is 2.45. The minimum Gasteiger partial charge on any atom is -0.480 e. The lowest BCUT2D eigenvalue weighted by molar-refractivity contribution is -0.167. The van der Waals surface area contributed by atoms with Gasteiger partial charge in [0.1, 0.15) is 17.9 Å². The second-order valence-corrected chi connectivity index (χ2v) is 11.0. The van der Waals surface area contributed by atoms with E-state index in [1.54, 1.807) is 30.5 Å². The molecular formula is C32H31F4N5O4. The van der Waals surface area contributed by atoms with Crippen LogP contribution in [-0.2, 0) is 16.0 Å².